The van der Waals surface area contributed by atoms with E-state index in [9.17, 15) is 14.4 Å². The number of ether oxygens (including phenoxy) is 2. The molecule has 2 rings (SSSR count). The van der Waals surface area contributed by atoms with Gasteiger partial charge in [0, 0.05) is 17.0 Å². The van der Waals surface area contributed by atoms with E-state index in [1.165, 1.54) is 6.07 Å². The lowest BCUT2D eigenvalue weighted by molar-refractivity contribution is -0.137. The maximum atomic E-state index is 12.9. The van der Waals surface area contributed by atoms with Crippen LogP contribution in [0.2, 0.25) is 0 Å². The number of nitrogens with one attached hydrogen (secondary N) is 1. The molecule has 176 valence electrons. The third-order valence-corrected chi connectivity index (χ3v) is 4.89. The van der Waals surface area contributed by atoms with E-state index in [-0.39, 0.29) is 11.7 Å². The molecule has 0 aliphatic heterocycles. The molecule has 7 nitrogen and oxygen atoms in total. The number of esters is 1. The molecule has 0 spiro atoms. The van der Waals surface area contributed by atoms with Crippen LogP contribution in [-0.4, -0.2) is 23.7 Å². The zero-order valence-electron chi connectivity index (χ0n) is 20.2. The van der Waals surface area contributed by atoms with Crippen LogP contribution in [0.1, 0.15) is 71.9 Å². The Morgan fingerprint density at radius 2 is 1.88 bits per heavy atom. The molecule has 0 bridgehead atoms. The SMILES string of the molecule is CCCCc1cc(=O)oc2c(C)c(OC(=O)C(CC(C)C)NC(=O)OC(C)(C)C)ccc12. The van der Waals surface area contributed by atoms with Crippen molar-refractivity contribution in [2.24, 2.45) is 5.92 Å². The second-order valence-corrected chi connectivity index (χ2v) is 9.51. The molecule has 0 saturated carbocycles. The zero-order chi connectivity index (χ0) is 24.1. The average molecular weight is 446 g/mol. The summed E-state index contributed by atoms with van der Waals surface area (Å²) in [7, 11) is 0. The maximum absolute atomic E-state index is 12.9. The fraction of sp³-hybridized carbons (Fsp3) is 0.560. The topological polar surface area (TPSA) is 94.8 Å². The third kappa shape index (κ3) is 7.11. The number of amides is 1. The minimum absolute atomic E-state index is 0.138. The zero-order valence-corrected chi connectivity index (χ0v) is 20.2. The molecule has 1 aromatic carbocycles. The van der Waals surface area contributed by atoms with E-state index in [0.29, 0.717) is 17.6 Å². The van der Waals surface area contributed by atoms with Gasteiger partial charge in [-0.05, 0) is 70.6 Å². The molecule has 1 heterocycles. The Bertz CT molecular complexity index is 1020. The van der Waals surface area contributed by atoms with Gasteiger partial charge in [-0.3, -0.25) is 0 Å². The van der Waals surface area contributed by atoms with Gasteiger partial charge in [-0.1, -0.05) is 27.2 Å². The summed E-state index contributed by atoms with van der Waals surface area (Å²) >= 11 is 0. The van der Waals surface area contributed by atoms with Crippen LogP contribution in [0.3, 0.4) is 0 Å². The second kappa shape index (κ2) is 10.7. The number of fused-ring (bicyclic) bond motifs is 1. The molecular formula is C25H35NO6. The van der Waals surface area contributed by atoms with E-state index in [4.69, 9.17) is 13.9 Å². The molecule has 0 aliphatic carbocycles. The number of carbonyl (C=O) groups is 2. The summed E-state index contributed by atoms with van der Waals surface area (Å²) in [6.45, 7) is 13.0. The molecular weight excluding hydrogens is 410 g/mol. The normalized spacial score (nSPS) is 12.6. The fourth-order valence-corrected chi connectivity index (χ4v) is 3.41. The summed E-state index contributed by atoms with van der Waals surface area (Å²) in [6, 6.07) is 4.15. The highest BCUT2D eigenvalue weighted by molar-refractivity contribution is 5.87. The van der Waals surface area contributed by atoms with Crippen molar-refractivity contribution in [3.05, 3.63) is 39.7 Å². The van der Waals surface area contributed by atoms with E-state index in [1.54, 1.807) is 39.8 Å². The molecule has 0 radical (unpaired) electrons. The minimum Gasteiger partial charge on any atom is -0.444 e. The lowest BCUT2D eigenvalue weighted by Crippen LogP contribution is -2.45. The fourth-order valence-electron chi connectivity index (χ4n) is 3.41. The number of unbranched alkanes of at least 4 members (excludes halogenated alkanes) is 1. The lowest BCUT2D eigenvalue weighted by atomic mass is 10.0. The van der Waals surface area contributed by atoms with Gasteiger partial charge >= 0.3 is 17.7 Å². The van der Waals surface area contributed by atoms with Crippen molar-refractivity contribution < 1.29 is 23.5 Å². The molecule has 2 aromatic rings. The van der Waals surface area contributed by atoms with Crippen LogP contribution in [0.5, 0.6) is 5.75 Å². The van der Waals surface area contributed by atoms with Crippen molar-refractivity contribution in [3.63, 3.8) is 0 Å². The van der Waals surface area contributed by atoms with Crippen molar-refractivity contribution in [1.82, 2.24) is 5.32 Å². The molecule has 0 aliphatic rings. The molecule has 1 aromatic heterocycles. The molecule has 1 amide bonds. The second-order valence-electron chi connectivity index (χ2n) is 9.51. The van der Waals surface area contributed by atoms with Gasteiger partial charge in [-0.2, -0.15) is 0 Å². The summed E-state index contributed by atoms with van der Waals surface area (Å²) in [4.78, 5) is 37.2. The van der Waals surface area contributed by atoms with Crippen LogP contribution in [0, 0.1) is 12.8 Å². The largest absolute Gasteiger partial charge is 0.444 e. The summed E-state index contributed by atoms with van der Waals surface area (Å²) in [5, 5.41) is 3.45. The number of aryl methyl sites for hydroxylation is 2. The Kier molecular flexibility index (Phi) is 8.47. The van der Waals surface area contributed by atoms with Crippen molar-refractivity contribution >= 4 is 23.0 Å². The van der Waals surface area contributed by atoms with Gasteiger partial charge in [-0.25, -0.2) is 14.4 Å². The van der Waals surface area contributed by atoms with Gasteiger partial charge in [0.1, 0.15) is 23.0 Å². The summed E-state index contributed by atoms with van der Waals surface area (Å²) in [5.74, 6) is -0.172. The summed E-state index contributed by atoms with van der Waals surface area (Å²) in [5.41, 5.74) is 0.780. The van der Waals surface area contributed by atoms with Crippen LogP contribution in [-0.2, 0) is 16.0 Å². The Balaban J connectivity index is 2.30. The van der Waals surface area contributed by atoms with Crippen LogP contribution in [0.15, 0.2) is 27.4 Å². The highest BCUT2D eigenvalue weighted by atomic mass is 16.6. The Labute approximate surface area is 189 Å². The van der Waals surface area contributed by atoms with Crippen LogP contribution in [0.4, 0.5) is 4.79 Å². The third-order valence-electron chi connectivity index (χ3n) is 4.89. The molecule has 1 N–H and O–H groups in total. The van der Waals surface area contributed by atoms with E-state index in [1.807, 2.05) is 13.8 Å². The van der Waals surface area contributed by atoms with Crippen molar-refractivity contribution in [2.45, 2.75) is 85.8 Å². The number of rotatable bonds is 8. The molecule has 0 saturated heterocycles. The number of hydrogen-bond acceptors (Lipinski definition) is 6. The van der Waals surface area contributed by atoms with Gasteiger partial charge in [0.05, 0.1) is 0 Å². The van der Waals surface area contributed by atoms with Crippen LogP contribution >= 0.6 is 0 Å². The first-order valence-electron chi connectivity index (χ1n) is 11.2. The molecule has 7 heteroatoms. The van der Waals surface area contributed by atoms with E-state index >= 15 is 0 Å². The first kappa shape index (κ1) is 25.4. The van der Waals surface area contributed by atoms with Crippen molar-refractivity contribution in [1.29, 1.82) is 0 Å². The minimum atomic E-state index is -0.872. The predicted molar refractivity (Wildman–Crippen MR) is 124 cm³/mol. The molecule has 1 atom stereocenters. The Morgan fingerprint density at radius 3 is 2.47 bits per heavy atom. The Morgan fingerprint density at radius 1 is 1.19 bits per heavy atom. The van der Waals surface area contributed by atoms with Crippen molar-refractivity contribution in [2.75, 3.05) is 0 Å². The van der Waals surface area contributed by atoms with E-state index in [2.05, 4.69) is 12.2 Å². The predicted octanol–water partition coefficient (Wildman–Crippen LogP) is 5.29. The van der Waals surface area contributed by atoms with Crippen LogP contribution in [0.25, 0.3) is 11.0 Å². The van der Waals surface area contributed by atoms with Gasteiger partial charge in [0.25, 0.3) is 0 Å². The quantitative estimate of drug-likeness (QED) is 0.337. The number of benzene rings is 1. The van der Waals surface area contributed by atoms with Gasteiger partial charge in [0.15, 0.2) is 0 Å². The monoisotopic (exact) mass is 445 g/mol. The molecule has 0 fully saturated rings. The van der Waals surface area contributed by atoms with Gasteiger partial charge in [0.2, 0.25) is 0 Å². The Hall–Kier alpha value is -2.83. The molecule has 32 heavy (non-hydrogen) atoms. The van der Waals surface area contributed by atoms with Crippen molar-refractivity contribution in [3.8, 4) is 5.75 Å². The van der Waals surface area contributed by atoms with Gasteiger partial charge in [-0.15, -0.1) is 0 Å². The summed E-state index contributed by atoms with van der Waals surface area (Å²) < 4.78 is 16.4. The maximum Gasteiger partial charge on any atom is 0.408 e. The lowest BCUT2D eigenvalue weighted by Gasteiger charge is -2.24. The highest BCUT2D eigenvalue weighted by Crippen LogP contribution is 2.29. The van der Waals surface area contributed by atoms with E-state index in [0.717, 1.165) is 30.2 Å². The smallest absolute Gasteiger partial charge is 0.408 e. The first-order chi connectivity index (χ1) is 14.9. The standard InChI is InChI=1S/C25H35NO6/c1-8-9-10-17-14-21(27)31-22-16(4)20(12-11-18(17)22)30-23(28)19(13-15(2)3)26-24(29)32-25(5,6)7/h11-12,14-15,19H,8-10,13H2,1-7H3,(H,26,29). The first-order valence-corrected chi connectivity index (χ1v) is 11.2. The van der Waals surface area contributed by atoms with Crippen LogP contribution < -0.4 is 15.7 Å². The van der Waals surface area contributed by atoms with E-state index < -0.39 is 29.3 Å². The molecule has 1 unspecified atom stereocenters. The number of alkyl carbamates (subject to hydrolysis) is 1. The average Bonchev–Trinajstić information content (AvgIpc) is 2.66. The summed E-state index contributed by atoms with van der Waals surface area (Å²) in [6.07, 6.45) is 2.45. The number of carbonyl (C=O) groups excluding carboxylic acids is 2. The van der Waals surface area contributed by atoms with Gasteiger partial charge < -0.3 is 19.2 Å². The highest BCUT2D eigenvalue weighted by Gasteiger charge is 2.27. The number of hydrogen-bond donors (Lipinski definition) is 1.